The Bertz CT molecular complexity index is 1340. The van der Waals surface area contributed by atoms with Gasteiger partial charge in [-0.3, -0.25) is 14.4 Å². The maximum absolute atomic E-state index is 15.1. The lowest BCUT2D eigenvalue weighted by Crippen LogP contribution is -2.63. The Balaban J connectivity index is 1.84. The Morgan fingerprint density at radius 2 is 1.74 bits per heavy atom. The largest absolute Gasteiger partial charge is 0.494 e. The summed E-state index contributed by atoms with van der Waals surface area (Å²) in [5.74, 6) is -2.06. The Morgan fingerprint density at radius 1 is 1.13 bits per heavy atom. The quantitative estimate of drug-likeness (QED) is 0.199. The molecular weight excluding hydrogens is 662 g/mol. The van der Waals surface area contributed by atoms with Crippen LogP contribution in [-0.2, 0) is 19.1 Å². The SMILES string of the molecule is C=CCN(C(=O)[C@H]1[C@H]2C(=O)N([C@@H](CO)C(C)C)C(C(=O)N(CC=C)C(C)(C)CC(C)(C)C)C23CC(Br)[C@@H]1O3)c1ccc(OCC)cc1. The lowest BCUT2D eigenvalue weighted by atomic mass is 9.69. The summed E-state index contributed by atoms with van der Waals surface area (Å²) in [6, 6.07) is 5.60. The number of hydrogen-bond donors (Lipinski definition) is 1. The number of aliphatic hydroxyl groups is 1. The lowest BCUT2D eigenvalue weighted by molar-refractivity contribution is -0.156. The van der Waals surface area contributed by atoms with Crippen LogP contribution in [-0.4, -0.2) is 93.1 Å². The van der Waals surface area contributed by atoms with Crippen molar-refractivity contribution in [3.63, 3.8) is 0 Å². The summed E-state index contributed by atoms with van der Waals surface area (Å²) >= 11 is 3.80. The lowest BCUT2D eigenvalue weighted by Gasteiger charge is -2.47. The molecule has 3 fully saturated rings. The third kappa shape index (κ3) is 6.79. The van der Waals surface area contributed by atoms with Gasteiger partial charge in [0.15, 0.2) is 0 Å². The molecule has 3 saturated heterocycles. The highest BCUT2D eigenvalue weighted by atomic mass is 79.9. The molecule has 7 atom stereocenters. The highest BCUT2D eigenvalue weighted by molar-refractivity contribution is 9.09. The molecule has 3 aliphatic heterocycles. The summed E-state index contributed by atoms with van der Waals surface area (Å²) in [6.45, 7) is 24.8. The summed E-state index contributed by atoms with van der Waals surface area (Å²) in [4.78, 5) is 49.4. The van der Waals surface area contributed by atoms with E-state index in [1.54, 1.807) is 26.9 Å². The zero-order valence-electron chi connectivity index (χ0n) is 29.4. The molecule has 2 bridgehead atoms. The minimum absolute atomic E-state index is 0.0863. The topological polar surface area (TPSA) is 99.6 Å². The summed E-state index contributed by atoms with van der Waals surface area (Å²) in [6.07, 6.45) is 3.83. The number of likely N-dealkylation sites (tertiary alicyclic amines) is 1. The van der Waals surface area contributed by atoms with Crippen molar-refractivity contribution in [2.45, 2.75) is 102 Å². The molecule has 260 valence electrons. The Hall–Kier alpha value is -2.69. The Morgan fingerprint density at radius 3 is 2.26 bits per heavy atom. The van der Waals surface area contributed by atoms with Gasteiger partial charge in [-0.2, -0.15) is 0 Å². The first-order valence-electron chi connectivity index (χ1n) is 16.8. The van der Waals surface area contributed by atoms with Gasteiger partial charge >= 0.3 is 0 Å². The highest BCUT2D eigenvalue weighted by Crippen LogP contribution is 2.61. The van der Waals surface area contributed by atoms with Crippen molar-refractivity contribution in [2.75, 3.05) is 31.2 Å². The zero-order chi connectivity index (χ0) is 35.1. The first-order chi connectivity index (χ1) is 22.0. The van der Waals surface area contributed by atoms with Crippen LogP contribution in [0.3, 0.4) is 0 Å². The number of carbonyl (C=O) groups is 3. The van der Waals surface area contributed by atoms with Gasteiger partial charge in [0.05, 0.1) is 37.2 Å². The third-order valence-corrected chi connectivity index (χ3v) is 10.7. The van der Waals surface area contributed by atoms with Gasteiger partial charge in [-0.15, -0.1) is 13.2 Å². The predicted molar refractivity (Wildman–Crippen MR) is 188 cm³/mol. The molecule has 0 saturated carbocycles. The molecule has 4 rings (SSSR count). The molecule has 9 nitrogen and oxygen atoms in total. The van der Waals surface area contributed by atoms with Crippen molar-refractivity contribution >= 4 is 39.3 Å². The first-order valence-corrected chi connectivity index (χ1v) is 17.7. The molecular formula is C37H54BrN3O6. The average molecular weight is 717 g/mol. The van der Waals surface area contributed by atoms with E-state index in [4.69, 9.17) is 9.47 Å². The number of anilines is 1. The van der Waals surface area contributed by atoms with Crippen LogP contribution >= 0.6 is 15.9 Å². The Labute approximate surface area is 289 Å². The number of hydrogen-bond acceptors (Lipinski definition) is 6. The fourth-order valence-corrected chi connectivity index (χ4v) is 9.38. The Kier molecular flexibility index (Phi) is 11.1. The molecule has 1 aromatic rings. The normalized spacial score (nSPS) is 27.5. The smallest absolute Gasteiger partial charge is 0.249 e. The van der Waals surface area contributed by atoms with E-state index in [9.17, 15) is 14.7 Å². The number of aliphatic hydroxyl groups excluding tert-OH is 1. The van der Waals surface area contributed by atoms with E-state index < -0.39 is 41.2 Å². The predicted octanol–water partition coefficient (Wildman–Crippen LogP) is 5.60. The molecule has 1 spiro atoms. The summed E-state index contributed by atoms with van der Waals surface area (Å²) in [7, 11) is 0. The fraction of sp³-hybridized carbons (Fsp3) is 0.649. The van der Waals surface area contributed by atoms with Crippen LogP contribution in [0.1, 0.15) is 68.2 Å². The van der Waals surface area contributed by atoms with Crippen LogP contribution in [0.4, 0.5) is 5.69 Å². The van der Waals surface area contributed by atoms with Crippen LogP contribution in [0, 0.1) is 23.2 Å². The van der Waals surface area contributed by atoms with Gasteiger partial charge in [-0.1, -0.05) is 62.7 Å². The van der Waals surface area contributed by atoms with Gasteiger partial charge in [0.1, 0.15) is 17.4 Å². The number of ether oxygens (including phenoxy) is 2. The number of nitrogens with zero attached hydrogens (tertiary/aromatic N) is 3. The van der Waals surface area contributed by atoms with E-state index >= 15 is 4.79 Å². The number of halogens is 1. The van der Waals surface area contributed by atoms with Crippen molar-refractivity contribution in [1.29, 1.82) is 0 Å². The van der Waals surface area contributed by atoms with Crippen molar-refractivity contribution in [2.24, 2.45) is 23.2 Å². The minimum Gasteiger partial charge on any atom is -0.494 e. The van der Waals surface area contributed by atoms with Gasteiger partial charge in [0.25, 0.3) is 0 Å². The monoisotopic (exact) mass is 715 g/mol. The summed E-state index contributed by atoms with van der Waals surface area (Å²) in [5.41, 5.74) is -1.29. The van der Waals surface area contributed by atoms with Gasteiger partial charge in [0.2, 0.25) is 17.7 Å². The summed E-state index contributed by atoms with van der Waals surface area (Å²) in [5, 5.41) is 10.7. The molecule has 0 radical (unpaired) electrons. The second-order valence-electron chi connectivity index (χ2n) is 15.4. The van der Waals surface area contributed by atoms with Crippen molar-refractivity contribution < 1.29 is 29.0 Å². The fourth-order valence-electron chi connectivity index (χ4n) is 8.43. The highest BCUT2D eigenvalue weighted by Gasteiger charge is 2.77. The molecule has 47 heavy (non-hydrogen) atoms. The van der Waals surface area contributed by atoms with E-state index in [0.717, 1.165) is 0 Å². The van der Waals surface area contributed by atoms with E-state index in [-0.39, 0.29) is 53.6 Å². The standard InChI is InChI=1S/C37H54BrN3O6/c1-11-18-39(24-14-16-25(17-15-24)46-13-3)32(43)28-29-33(44)41(27(21-42)23(4)5)31(37(29)20-26(38)30(28)47-37)34(45)40(19-12-2)36(9,10)22-35(6,7)8/h11-12,14-17,23,26-31,42H,1-2,13,18-22H2,3-10H3/t26?,27-,28-,29-,30-,31?,37?/m0/s1. The van der Waals surface area contributed by atoms with Crippen LogP contribution < -0.4 is 9.64 Å². The van der Waals surface area contributed by atoms with Crippen molar-refractivity contribution in [3.8, 4) is 5.75 Å². The number of fused-ring (bicyclic) bond motifs is 1. The number of rotatable bonds is 14. The number of amides is 3. The van der Waals surface area contributed by atoms with Crippen LogP contribution in [0.5, 0.6) is 5.75 Å². The van der Waals surface area contributed by atoms with E-state index in [2.05, 4.69) is 49.9 Å². The number of alkyl halides is 1. The molecule has 10 heteroatoms. The van der Waals surface area contributed by atoms with E-state index in [1.165, 1.54) is 0 Å². The molecule has 0 aromatic heterocycles. The first kappa shape index (κ1) is 37.1. The van der Waals surface area contributed by atoms with Gasteiger partial charge < -0.3 is 29.3 Å². The molecule has 1 aromatic carbocycles. The molecule has 3 aliphatic rings. The van der Waals surface area contributed by atoms with Crippen molar-refractivity contribution in [1.82, 2.24) is 9.80 Å². The number of benzene rings is 1. The maximum atomic E-state index is 15.1. The molecule has 3 unspecified atom stereocenters. The molecule has 0 aliphatic carbocycles. The molecule has 3 heterocycles. The molecule has 3 amide bonds. The number of carbonyl (C=O) groups excluding carboxylic acids is 3. The third-order valence-electron chi connectivity index (χ3n) is 9.87. The van der Waals surface area contributed by atoms with Crippen LogP contribution in [0.25, 0.3) is 0 Å². The zero-order valence-corrected chi connectivity index (χ0v) is 31.0. The van der Waals surface area contributed by atoms with Crippen LogP contribution in [0.2, 0.25) is 0 Å². The maximum Gasteiger partial charge on any atom is 0.249 e. The average Bonchev–Trinajstić information content (AvgIpc) is 3.57. The summed E-state index contributed by atoms with van der Waals surface area (Å²) < 4.78 is 12.4. The van der Waals surface area contributed by atoms with E-state index in [0.29, 0.717) is 30.9 Å². The van der Waals surface area contributed by atoms with Crippen LogP contribution in [0.15, 0.2) is 49.6 Å². The van der Waals surface area contributed by atoms with Gasteiger partial charge in [0, 0.05) is 29.1 Å². The minimum atomic E-state index is -1.26. The second-order valence-corrected chi connectivity index (χ2v) is 16.5. The van der Waals surface area contributed by atoms with Crippen molar-refractivity contribution in [3.05, 3.63) is 49.6 Å². The van der Waals surface area contributed by atoms with E-state index in [1.807, 2.05) is 58.9 Å². The second kappa shape index (κ2) is 14.0. The van der Waals surface area contributed by atoms with Gasteiger partial charge in [-0.05, 0) is 69.2 Å². The molecule has 1 N–H and O–H groups in total. The van der Waals surface area contributed by atoms with Gasteiger partial charge in [-0.25, -0.2) is 0 Å².